The number of hydrogen-bond acceptors (Lipinski definition) is 4. The van der Waals surface area contributed by atoms with Gasteiger partial charge in [-0.05, 0) is 18.6 Å². The van der Waals surface area contributed by atoms with Crippen LogP contribution in [0.5, 0.6) is 0 Å². The highest BCUT2D eigenvalue weighted by Gasteiger charge is 2.30. The molecule has 1 N–H and O–H groups in total. The van der Waals surface area contributed by atoms with E-state index in [1.807, 2.05) is 36.1 Å². The van der Waals surface area contributed by atoms with Gasteiger partial charge in [0.1, 0.15) is 4.88 Å². The van der Waals surface area contributed by atoms with Crippen LogP contribution in [0.3, 0.4) is 0 Å². The Kier molecular flexibility index (Phi) is 5.81. The summed E-state index contributed by atoms with van der Waals surface area (Å²) in [6.45, 7) is 4.09. The lowest BCUT2D eigenvalue weighted by atomic mass is 10.0. The summed E-state index contributed by atoms with van der Waals surface area (Å²) in [6, 6.07) is 7.67. The number of rotatable bonds is 2. The Hall–Kier alpha value is -1.14. The molecule has 1 saturated heterocycles. The number of aryl methyl sites for hydroxylation is 1. The van der Waals surface area contributed by atoms with E-state index in [2.05, 4.69) is 10.3 Å². The Bertz CT molecular complexity index is 662. The van der Waals surface area contributed by atoms with E-state index in [0.29, 0.717) is 23.0 Å². The van der Waals surface area contributed by atoms with E-state index in [4.69, 9.17) is 11.6 Å². The highest BCUT2D eigenvalue weighted by molar-refractivity contribution is 7.13. The van der Waals surface area contributed by atoms with Gasteiger partial charge in [0.2, 0.25) is 0 Å². The second kappa shape index (κ2) is 7.42. The fourth-order valence-electron chi connectivity index (χ4n) is 2.57. The first-order chi connectivity index (χ1) is 10.2. The molecule has 2 heterocycles. The first kappa shape index (κ1) is 17.2. The molecule has 7 heteroatoms. The average molecular weight is 358 g/mol. The van der Waals surface area contributed by atoms with Crippen molar-refractivity contribution < 1.29 is 4.79 Å². The number of carbonyl (C=O) groups excluding carboxylic acids is 1. The molecule has 0 bridgehead atoms. The molecule has 3 rings (SSSR count). The molecule has 1 aromatic carbocycles. The van der Waals surface area contributed by atoms with Crippen molar-refractivity contribution in [1.29, 1.82) is 0 Å². The number of aromatic nitrogens is 1. The number of carbonyl (C=O) groups is 1. The lowest BCUT2D eigenvalue weighted by molar-refractivity contribution is 0.0639. The minimum atomic E-state index is -0.0395. The summed E-state index contributed by atoms with van der Waals surface area (Å²) >= 11 is 7.74. The molecule has 22 heavy (non-hydrogen) atoms. The van der Waals surface area contributed by atoms with Crippen LogP contribution in [0.25, 0.3) is 0 Å². The highest BCUT2D eigenvalue weighted by Crippen LogP contribution is 2.30. The van der Waals surface area contributed by atoms with Crippen molar-refractivity contribution in [1.82, 2.24) is 15.2 Å². The second-order valence-electron chi connectivity index (χ2n) is 4.98. The molecule has 1 fully saturated rings. The zero-order chi connectivity index (χ0) is 14.8. The molecule has 1 aliphatic rings. The molecule has 4 nitrogen and oxygen atoms in total. The topological polar surface area (TPSA) is 45.2 Å². The van der Waals surface area contributed by atoms with Gasteiger partial charge >= 0.3 is 0 Å². The quantitative estimate of drug-likeness (QED) is 0.896. The molecule has 1 amide bonds. The third-order valence-electron chi connectivity index (χ3n) is 3.60. The van der Waals surface area contributed by atoms with Crippen molar-refractivity contribution in [2.75, 3.05) is 19.6 Å². The predicted molar refractivity (Wildman–Crippen MR) is 92.2 cm³/mol. The number of amides is 1. The maximum atomic E-state index is 12.7. The normalized spacial score (nSPS) is 17.9. The number of hydrogen-bond donors (Lipinski definition) is 1. The summed E-state index contributed by atoms with van der Waals surface area (Å²) in [5.74, 6) is 0.0343. The number of thiazole rings is 1. The number of nitrogens with zero attached hydrogens (tertiary/aromatic N) is 2. The van der Waals surface area contributed by atoms with E-state index in [-0.39, 0.29) is 24.4 Å². The number of halogens is 2. The van der Waals surface area contributed by atoms with Gasteiger partial charge in [0.25, 0.3) is 5.91 Å². The molecule has 1 atom stereocenters. The lowest BCUT2D eigenvalue weighted by Crippen LogP contribution is -2.48. The summed E-state index contributed by atoms with van der Waals surface area (Å²) in [7, 11) is 0. The number of nitrogens with one attached hydrogen (secondary N) is 1. The molecule has 118 valence electrons. The molecule has 0 aliphatic carbocycles. The molecule has 1 aromatic heterocycles. The van der Waals surface area contributed by atoms with E-state index in [9.17, 15) is 4.79 Å². The van der Waals surface area contributed by atoms with Crippen LogP contribution < -0.4 is 5.32 Å². The summed E-state index contributed by atoms with van der Waals surface area (Å²) in [4.78, 5) is 19.5. The van der Waals surface area contributed by atoms with E-state index in [1.165, 1.54) is 11.3 Å². The molecular formula is C15H17Cl2N3OS. The van der Waals surface area contributed by atoms with Crippen molar-refractivity contribution in [3.8, 4) is 0 Å². The van der Waals surface area contributed by atoms with Gasteiger partial charge in [-0.1, -0.05) is 29.8 Å². The van der Waals surface area contributed by atoms with Gasteiger partial charge in [0, 0.05) is 24.7 Å². The summed E-state index contributed by atoms with van der Waals surface area (Å²) in [5, 5.41) is 4.94. The third-order valence-corrected chi connectivity index (χ3v) is 4.85. The molecule has 1 aliphatic heterocycles. The van der Waals surface area contributed by atoms with E-state index < -0.39 is 0 Å². The fraction of sp³-hybridized carbons (Fsp3) is 0.333. The Morgan fingerprint density at radius 3 is 2.91 bits per heavy atom. The Morgan fingerprint density at radius 2 is 2.23 bits per heavy atom. The van der Waals surface area contributed by atoms with Crippen molar-refractivity contribution in [3.63, 3.8) is 0 Å². The fourth-order valence-corrected chi connectivity index (χ4v) is 3.57. The average Bonchev–Trinajstić information content (AvgIpc) is 2.94. The van der Waals surface area contributed by atoms with Crippen molar-refractivity contribution in [3.05, 3.63) is 50.9 Å². The van der Waals surface area contributed by atoms with Crippen LogP contribution in [0, 0.1) is 6.92 Å². The lowest BCUT2D eigenvalue weighted by Gasteiger charge is -2.36. The standard InChI is InChI=1S/C15H16ClN3OS.ClH/c1-10-18-9-14(21-10)15(20)19-7-6-17-8-13(19)11-4-2-3-5-12(11)16;/h2-5,9,13,17H,6-8H2,1H3;1H. The van der Waals surface area contributed by atoms with Crippen molar-refractivity contribution in [2.24, 2.45) is 0 Å². The molecule has 1 unspecified atom stereocenters. The summed E-state index contributed by atoms with van der Waals surface area (Å²) < 4.78 is 0. The zero-order valence-corrected chi connectivity index (χ0v) is 14.5. The van der Waals surface area contributed by atoms with E-state index >= 15 is 0 Å². The Balaban J connectivity index is 0.00000176. The highest BCUT2D eigenvalue weighted by atomic mass is 35.5. The van der Waals surface area contributed by atoms with Crippen LogP contribution >= 0.6 is 35.3 Å². The second-order valence-corrected chi connectivity index (χ2v) is 6.63. The van der Waals surface area contributed by atoms with Gasteiger partial charge in [-0.3, -0.25) is 4.79 Å². The van der Waals surface area contributed by atoms with Crippen LogP contribution in [-0.2, 0) is 0 Å². The van der Waals surface area contributed by atoms with Crippen LogP contribution in [0.1, 0.15) is 26.3 Å². The Labute approximate surface area is 144 Å². The van der Waals surface area contributed by atoms with Crippen molar-refractivity contribution in [2.45, 2.75) is 13.0 Å². The molecule has 0 spiro atoms. The van der Waals surface area contributed by atoms with Crippen molar-refractivity contribution >= 4 is 41.3 Å². The Morgan fingerprint density at radius 1 is 1.45 bits per heavy atom. The number of benzene rings is 1. The van der Waals surface area contributed by atoms with E-state index in [0.717, 1.165) is 17.1 Å². The maximum absolute atomic E-state index is 12.7. The first-order valence-corrected chi connectivity index (χ1v) is 8.05. The largest absolute Gasteiger partial charge is 0.328 e. The van der Waals surface area contributed by atoms with Crippen LogP contribution in [-0.4, -0.2) is 35.4 Å². The molecule has 0 radical (unpaired) electrons. The minimum absolute atomic E-state index is 0. The summed E-state index contributed by atoms with van der Waals surface area (Å²) in [6.07, 6.45) is 1.66. The third kappa shape index (κ3) is 3.43. The smallest absolute Gasteiger partial charge is 0.266 e. The van der Waals surface area contributed by atoms with Crippen LogP contribution in [0.4, 0.5) is 0 Å². The van der Waals surface area contributed by atoms with E-state index in [1.54, 1.807) is 6.20 Å². The maximum Gasteiger partial charge on any atom is 0.266 e. The SMILES string of the molecule is Cc1ncc(C(=O)N2CCNCC2c2ccccc2Cl)s1.Cl. The summed E-state index contributed by atoms with van der Waals surface area (Å²) in [5.41, 5.74) is 0.987. The van der Waals surface area contributed by atoms with Gasteiger partial charge in [0.05, 0.1) is 17.2 Å². The predicted octanol–water partition coefficient (Wildman–Crippen LogP) is 3.31. The van der Waals surface area contributed by atoms with Gasteiger partial charge < -0.3 is 10.2 Å². The molecular weight excluding hydrogens is 341 g/mol. The van der Waals surface area contributed by atoms with Gasteiger partial charge in [-0.15, -0.1) is 23.7 Å². The van der Waals surface area contributed by atoms with Crippen LogP contribution in [0.15, 0.2) is 30.5 Å². The number of piperazine rings is 1. The van der Waals surface area contributed by atoms with Crippen LogP contribution in [0.2, 0.25) is 5.02 Å². The van der Waals surface area contributed by atoms with Gasteiger partial charge in [-0.2, -0.15) is 0 Å². The zero-order valence-electron chi connectivity index (χ0n) is 12.1. The van der Waals surface area contributed by atoms with Gasteiger partial charge in [-0.25, -0.2) is 4.98 Å². The minimum Gasteiger partial charge on any atom is -0.328 e. The van der Waals surface area contributed by atoms with Gasteiger partial charge in [0.15, 0.2) is 0 Å². The molecule has 2 aromatic rings. The first-order valence-electron chi connectivity index (χ1n) is 6.85. The molecule has 0 saturated carbocycles. The monoisotopic (exact) mass is 357 g/mol.